The number of nitrogens with zero attached hydrogens (tertiary/aromatic N) is 4. The maximum Gasteiger partial charge on any atom is 0.251 e. The Bertz CT molecular complexity index is 663. The van der Waals surface area contributed by atoms with Crippen LogP contribution in [0.5, 0.6) is 0 Å². The van der Waals surface area contributed by atoms with Gasteiger partial charge in [-0.3, -0.25) is 9.48 Å². The molecule has 0 radical (unpaired) electrons. The zero-order valence-corrected chi connectivity index (χ0v) is 14.8. The van der Waals surface area contributed by atoms with Gasteiger partial charge >= 0.3 is 0 Å². The molecule has 1 atom stereocenters. The number of amides is 1. The van der Waals surface area contributed by atoms with Crippen molar-refractivity contribution in [1.82, 2.24) is 20.3 Å². The third-order valence-electron chi connectivity index (χ3n) is 4.48. The van der Waals surface area contributed by atoms with Gasteiger partial charge in [-0.1, -0.05) is 19.1 Å². The van der Waals surface area contributed by atoms with Gasteiger partial charge in [-0.2, -0.15) is 0 Å². The van der Waals surface area contributed by atoms with E-state index in [1.54, 1.807) is 17.1 Å². The Hall–Kier alpha value is -2.41. The molecule has 1 fully saturated rings. The predicted molar refractivity (Wildman–Crippen MR) is 95.6 cm³/mol. The zero-order valence-electron chi connectivity index (χ0n) is 14.8. The van der Waals surface area contributed by atoms with Crippen LogP contribution in [-0.4, -0.2) is 53.2 Å². The van der Waals surface area contributed by atoms with Crippen LogP contribution >= 0.6 is 0 Å². The lowest BCUT2D eigenvalue weighted by Crippen LogP contribution is -2.41. The number of carbonyl (C=O) groups is 1. The second-order valence-electron chi connectivity index (χ2n) is 6.60. The van der Waals surface area contributed by atoms with Gasteiger partial charge in [0, 0.05) is 30.5 Å². The third-order valence-corrected chi connectivity index (χ3v) is 4.48. The van der Waals surface area contributed by atoms with Gasteiger partial charge in [0.2, 0.25) is 0 Å². The molecule has 7 nitrogen and oxygen atoms in total. The van der Waals surface area contributed by atoms with E-state index in [-0.39, 0.29) is 11.9 Å². The highest BCUT2D eigenvalue weighted by molar-refractivity contribution is 5.94. The Morgan fingerprint density at radius 2 is 1.96 bits per heavy atom. The van der Waals surface area contributed by atoms with Crippen LogP contribution in [0, 0.1) is 5.92 Å². The lowest BCUT2D eigenvalue weighted by atomic mass is 10.0. The highest BCUT2D eigenvalue weighted by Gasteiger charge is 2.19. The Morgan fingerprint density at radius 3 is 2.56 bits per heavy atom. The molecule has 0 spiro atoms. The number of hydrogen-bond acceptors (Lipinski definition) is 5. The van der Waals surface area contributed by atoms with E-state index < -0.39 is 0 Å². The Kier molecular flexibility index (Phi) is 5.65. The molecule has 2 aromatic rings. The van der Waals surface area contributed by atoms with Crippen molar-refractivity contribution in [2.24, 2.45) is 5.92 Å². The van der Waals surface area contributed by atoms with Crippen LogP contribution in [0.1, 0.15) is 24.2 Å². The van der Waals surface area contributed by atoms with Gasteiger partial charge in [0.25, 0.3) is 5.91 Å². The van der Waals surface area contributed by atoms with Crippen LogP contribution in [0.3, 0.4) is 0 Å². The van der Waals surface area contributed by atoms with Crippen molar-refractivity contribution in [3.05, 3.63) is 42.2 Å². The number of hydrogen-bond donors (Lipinski definition) is 1. The first kappa shape index (κ1) is 17.4. The van der Waals surface area contributed by atoms with Gasteiger partial charge in [0.1, 0.15) is 0 Å². The molecule has 1 aromatic heterocycles. The number of ether oxygens (including phenoxy) is 1. The number of anilines is 1. The van der Waals surface area contributed by atoms with Crippen LogP contribution in [0.15, 0.2) is 36.7 Å². The van der Waals surface area contributed by atoms with E-state index in [2.05, 4.69) is 34.4 Å². The standard InChI is InChI=1S/C18H25N5O2/c1-14(2)17(13-23-8-7-19-21-23)20-18(24)15-3-5-16(6-4-15)22-9-11-25-12-10-22/h3-8,14,17H,9-13H2,1-2H3,(H,20,24)/t17-/m1/s1. The molecular formula is C18H25N5O2. The maximum atomic E-state index is 12.6. The number of nitrogens with one attached hydrogen (secondary N) is 1. The van der Waals surface area contributed by atoms with Crippen molar-refractivity contribution in [2.45, 2.75) is 26.4 Å². The minimum atomic E-state index is -0.0626. The fourth-order valence-corrected chi connectivity index (χ4v) is 2.85. The first-order chi connectivity index (χ1) is 12.1. The van der Waals surface area contributed by atoms with Crippen molar-refractivity contribution in [3.8, 4) is 0 Å². The molecule has 1 N–H and O–H groups in total. The second kappa shape index (κ2) is 8.11. The summed E-state index contributed by atoms with van der Waals surface area (Å²) >= 11 is 0. The van der Waals surface area contributed by atoms with E-state index in [0.29, 0.717) is 18.0 Å². The summed E-state index contributed by atoms with van der Waals surface area (Å²) in [6.07, 6.45) is 3.45. The SMILES string of the molecule is CC(C)[C@@H](Cn1ccnn1)NC(=O)c1ccc(N2CCOCC2)cc1. The predicted octanol–water partition coefficient (Wildman–Crippen LogP) is 1.57. The summed E-state index contributed by atoms with van der Waals surface area (Å²) < 4.78 is 7.12. The number of rotatable bonds is 6. The second-order valence-corrected chi connectivity index (χ2v) is 6.60. The molecule has 1 aromatic carbocycles. The molecule has 7 heteroatoms. The molecule has 3 rings (SSSR count). The normalized spacial score (nSPS) is 16.0. The average molecular weight is 343 g/mol. The highest BCUT2D eigenvalue weighted by atomic mass is 16.5. The number of benzene rings is 1. The Labute approximate surface area is 148 Å². The van der Waals surface area contributed by atoms with Gasteiger partial charge in [-0.25, -0.2) is 0 Å². The average Bonchev–Trinajstić information content (AvgIpc) is 3.15. The molecule has 0 unspecified atom stereocenters. The lowest BCUT2D eigenvalue weighted by Gasteiger charge is -2.29. The van der Waals surface area contributed by atoms with Crippen molar-refractivity contribution in [3.63, 3.8) is 0 Å². The number of morpholine rings is 1. The monoisotopic (exact) mass is 343 g/mol. The van der Waals surface area contributed by atoms with E-state index in [9.17, 15) is 4.79 Å². The summed E-state index contributed by atoms with van der Waals surface area (Å²) in [7, 11) is 0. The molecule has 1 aliphatic rings. The van der Waals surface area contributed by atoms with Crippen molar-refractivity contribution in [1.29, 1.82) is 0 Å². The summed E-state index contributed by atoms with van der Waals surface area (Å²) in [6.45, 7) is 8.06. The summed E-state index contributed by atoms with van der Waals surface area (Å²) in [6, 6.07) is 7.76. The summed E-state index contributed by atoms with van der Waals surface area (Å²) in [4.78, 5) is 14.9. The fourth-order valence-electron chi connectivity index (χ4n) is 2.85. The first-order valence-electron chi connectivity index (χ1n) is 8.71. The van der Waals surface area contributed by atoms with Gasteiger partial charge in [-0.05, 0) is 30.2 Å². The van der Waals surface area contributed by atoms with Crippen LogP contribution in [-0.2, 0) is 11.3 Å². The van der Waals surface area contributed by atoms with E-state index in [1.807, 2.05) is 24.3 Å². The van der Waals surface area contributed by atoms with Gasteiger partial charge in [0.15, 0.2) is 0 Å². The zero-order chi connectivity index (χ0) is 17.6. The topological polar surface area (TPSA) is 72.3 Å². The number of carbonyl (C=O) groups excluding carboxylic acids is 1. The molecule has 0 aliphatic carbocycles. The maximum absolute atomic E-state index is 12.6. The molecule has 0 saturated carbocycles. The van der Waals surface area contributed by atoms with E-state index in [0.717, 1.165) is 32.0 Å². The van der Waals surface area contributed by atoms with E-state index in [1.165, 1.54) is 0 Å². The smallest absolute Gasteiger partial charge is 0.251 e. The largest absolute Gasteiger partial charge is 0.378 e. The van der Waals surface area contributed by atoms with Gasteiger partial charge < -0.3 is 15.0 Å². The Morgan fingerprint density at radius 1 is 1.24 bits per heavy atom. The molecular weight excluding hydrogens is 318 g/mol. The van der Waals surface area contributed by atoms with Crippen molar-refractivity contribution in [2.75, 3.05) is 31.2 Å². The number of aromatic nitrogens is 3. The summed E-state index contributed by atoms with van der Waals surface area (Å²) in [5.74, 6) is 0.230. The Balaban J connectivity index is 1.62. The summed E-state index contributed by atoms with van der Waals surface area (Å²) in [5.41, 5.74) is 1.80. The van der Waals surface area contributed by atoms with Crippen LogP contribution in [0.25, 0.3) is 0 Å². The molecule has 1 saturated heterocycles. The highest BCUT2D eigenvalue weighted by Crippen LogP contribution is 2.17. The lowest BCUT2D eigenvalue weighted by molar-refractivity contribution is 0.0919. The van der Waals surface area contributed by atoms with Crippen LogP contribution < -0.4 is 10.2 Å². The summed E-state index contributed by atoms with van der Waals surface area (Å²) in [5, 5.41) is 10.9. The quantitative estimate of drug-likeness (QED) is 0.862. The molecule has 0 bridgehead atoms. The van der Waals surface area contributed by atoms with Gasteiger partial charge in [-0.15, -0.1) is 5.10 Å². The first-order valence-corrected chi connectivity index (χ1v) is 8.71. The van der Waals surface area contributed by atoms with Gasteiger partial charge in [0.05, 0.1) is 32.0 Å². The fraction of sp³-hybridized carbons (Fsp3) is 0.500. The van der Waals surface area contributed by atoms with Crippen LogP contribution in [0.2, 0.25) is 0 Å². The third kappa shape index (κ3) is 4.57. The van der Waals surface area contributed by atoms with E-state index in [4.69, 9.17) is 4.74 Å². The molecule has 1 aliphatic heterocycles. The van der Waals surface area contributed by atoms with E-state index >= 15 is 0 Å². The molecule has 1 amide bonds. The minimum Gasteiger partial charge on any atom is -0.378 e. The molecule has 25 heavy (non-hydrogen) atoms. The van der Waals surface area contributed by atoms with Crippen molar-refractivity contribution < 1.29 is 9.53 Å². The van der Waals surface area contributed by atoms with Crippen LogP contribution in [0.4, 0.5) is 5.69 Å². The van der Waals surface area contributed by atoms with Crippen molar-refractivity contribution >= 4 is 11.6 Å². The molecule has 134 valence electrons. The molecule has 2 heterocycles. The minimum absolute atomic E-state index is 0.00637.